The number of alkyl halides is 1. The number of rotatable bonds is 10. The zero-order valence-electron chi connectivity index (χ0n) is 16.7. The molecule has 3 N–H and O–H groups in total. The number of halogens is 2. The van der Waals surface area contributed by atoms with E-state index >= 15 is 0 Å². The Morgan fingerprint density at radius 1 is 1.27 bits per heavy atom. The van der Waals surface area contributed by atoms with Crippen molar-refractivity contribution in [1.29, 1.82) is 0 Å². The molecule has 30 heavy (non-hydrogen) atoms. The molecule has 1 aliphatic carbocycles. The third kappa shape index (κ3) is 5.69. The number of benzene rings is 1. The van der Waals surface area contributed by atoms with E-state index in [2.05, 4.69) is 31.2 Å². The van der Waals surface area contributed by atoms with Crippen LogP contribution in [0.25, 0.3) is 10.9 Å². The molecule has 3 rings (SSSR count). The van der Waals surface area contributed by atoms with Gasteiger partial charge in [0.05, 0.1) is 24.9 Å². The van der Waals surface area contributed by atoms with Crippen molar-refractivity contribution in [3.05, 3.63) is 40.8 Å². The van der Waals surface area contributed by atoms with Crippen LogP contribution >= 0.6 is 15.9 Å². The van der Waals surface area contributed by atoms with Gasteiger partial charge in [-0.2, -0.15) is 0 Å². The van der Waals surface area contributed by atoms with Gasteiger partial charge in [-0.1, -0.05) is 22.0 Å². The van der Waals surface area contributed by atoms with Gasteiger partial charge < -0.3 is 20.5 Å². The van der Waals surface area contributed by atoms with E-state index in [0.717, 1.165) is 23.7 Å². The normalized spacial score (nSPS) is 16.0. The van der Waals surface area contributed by atoms with Crippen LogP contribution in [0.1, 0.15) is 32.1 Å². The van der Waals surface area contributed by atoms with E-state index in [9.17, 15) is 9.18 Å². The number of fused-ring (bicyclic) bond motifs is 1. The number of primary amides is 1. The van der Waals surface area contributed by atoms with Crippen molar-refractivity contribution in [2.24, 2.45) is 5.73 Å². The summed E-state index contributed by atoms with van der Waals surface area (Å²) in [7, 11) is 1.56. The van der Waals surface area contributed by atoms with E-state index in [1.54, 1.807) is 25.3 Å². The zero-order valence-corrected chi connectivity index (χ0v) is 18.2. The number of nitrogens with two attached hydrogens (primary N) is 1. The number of allylic oxidation sites excluding steroid dienone is 4. The highest BCUT2D eigenvalue weighted by Crippen LogP contribution is 2.35. The molecule has 0 bridgehead atoms. The van der Waals surface area contributed by atoms with Crippen molar-refractivity contribution in [2.75, 3.05) is 19.0 Å². The van der Waals surface area contributed by atoms with Crippen LogP contribution < -0.4 is 20.5 Å². The molecule has 1 amide bonds. The van der Waals surface area contributed by atoms with Gasteiger partial charge in [-0.15, -0.1) is 0 Å². The first-order chi connectivity index (χ1) is 14.5. The predicted octanol–water partition coefficient (Wildman–Crippen LogP) is 4.38. The number of nitrogens with zero attached hydrogens (tertiary/aromatic N) is 2. The highest BCUT2D eigenvalue weighted by Gasteiger charge is 2.19. The fourth-order valence-electron chi connectivity index (χ4n) is 3.09. The van der Waals surface area contributed by atoms with Gasteiger partial charge in [0, 0.05) is 24.3 Å². The minimum absolute atomic E-state index is 0.280. The molecule has 160 valence electrons. The molecule has 1 aromatic heterocycles. The lowest BCUT2D eigenvalue weighted by molar-refractivity contribution is -0.118. The molecule has 0 radical (unpaired) electrons. The van der Waals surface area contributed by atoms with E-state index in [1.807, 2.05) is 6.08 Å². The molecule has 9 heteroatoms. The lowest BCUT2D eigenvalue weighted by Gasteiger charge is -2.19. The first kappa shape index (κ1) is 22.0. The molecule has 1 aromatic carbocycles. The molecular weight excluding hydrogens is 455 g/mol. The molecule has 0 saturated heterocycles. The average Bonchev–Trinajstić information content (AvgIpc) is 2.72. The maximum absolute atomic E-state index is 14.4. The molecule has 1 heterocycles. The number of carbonyl (C=O) groups excluding carboxylic acids is 1. The zero-order chi connectivity index (χ0) is 21.5. The highest BCUT2D eigenvalue weighted by molar-refractivity contribution is 9.11. The number of anilines is 1. The van der Waals surface area contributed by atoms with Crippen LogP contribution in [0.15, 0.2) is 40.8 Å². The third-order valence-electron chi connectivity index (χ3n) is 4.66. The SMILES string of the molecule is COc1cc2c(NC3=CC=C(Br)CC3F)ncnc2cc1OCCCCCC(N)=O. The van der Waals surface area contributed by atoms with Gasteiger partial charge in [-0.05, 0) is 35.9 Å². The number of unbranched alkanes of at least 4 members (excludes halogenated alkanes) is 2. The summed E-state index contributed by atoms with van der Waals surface area (Å²) in [6, 6.07) is 3.56. The van der Waals surface area contributed by atoms with E-state index < -0.39 is 6.17 Å². The van der Waals surface area contributed by atoms with Gasteiger partial charge in [-0.3, -0.25) is 4.79 Å². The Hall–Kier alpha value is -2.68. The Bertz CT molecular complexity index is 980. The Morgan fingerprint density at radius 2 is 2.10 bits per heavy atom. The predicted molar refractivity (Wildman–Crippen MR) is 117 cm³/mol. The lowest BCUT2D eigenvalue weighted by Crippen LogP contribution is -2.16. The van der Waals surface area contributed by atoms with Crippen LogP contribution in [-0.2, 0) is 4.79 Å². The molecular formula is C21H24BrFN4O3. The van der Waals surface area contributed by atoms with Gasteiger partial charge in [-0.25, -0.2) is 14.4 Å². The second-order valence-corrected chi connectivity index (χ2v) is 7.92. The largest absolute Gasteiger partial charge is 0.493 e. The minimum atomic E-state index is -1.14. The topological polar surface area (TPSA) is 99.4 Å². The number of amides is 1. The highest BCUT2D eigenvalue weighted by atomic mass is 79.9. The molecule has 0 fully saturated rings. The summed E-state index contributed by atoms with van der Waals surface area (Å²) in [5.74, 6) is 1.31. The van der Waals surface area contributed by atoms with Crippen molar-refractivity contribution in [3.8, 4) is 11.5 Å². The smallest absolute Gasteiger partial charge is 0.217 e. The number of aromatic nitrogens is 2. The Kier molecular flexibility index (Phi) is 7.62. The van der Waals surface area contributed by atoms with E-state index in [-0.39, 0.29) is 12.3 Å². The maximum atomic E-state index is 14.4. The first-order valence-corrected chi connectivity index (χ1v) is 10.5. The number of methoxy groups -OCH3 is 1. The van der Waals surface area contributed by atoms with Crippen molar-refractivity contribution in [3.63, 3.8) is 0 Å². The molecule has 1 unspecified atom stereocenters. The number of hydrogen-bond donors (Lipinski definition) is 2. The molecule has 1 atom stereocenters. The number of nitrogens with one attached hydrogen (secondary N) is 1. The molecule has 0 aliphatic heterocycles. The maximum Gasteiger partial charge on any atom is 0.217 e. The van der Waals surface area contributed by atoms with Crippen LogP contribution in [-0.4, -0.2) is 35.8 Å². The quantitative estimate of drug-likeness (QED) is 0.491. The number of carbonyl (C=O) groups is 1. The summed E-state index contributed by atoms with van der Waals surface area (Å²) in [5, 5.41) is 3.77. The summed E-state index contributed by atoms with van der Waals surface area (Å²) >= 11 is 3.32. The summed E-state index contributed by atoms with van der Waals surface area (Å²) in [5.41, 5.74) is 6.23. The van der Waals surface area contributed by atoms with Crippen LogP contribution in [0.3, 0.4) is 0 Å². The van der Waals surface area contributed by atoms with Crippen molar-refractivity contribution in [2.45, 2.75) is 38.3 Å². The van der Waals surface area contributed by atoms with Gasteiger partial charge in [0.25, 0.3) is 0 Å². The average molecular weight is 479 g/mol. The molecule has 0 spiro atoms. The summed E-state index contributed by atoms with van der Waals surface area (Å²) in [6.07, 6.45) is 6.84. The second-order valence-electron chi connectivity index (χ2n) is 6.90. The molecule has 2 aromatic rings. The third-order valence-corrected chi connectivity index (χ3v) is 5.25. The molecule has 1 aliphatic rings. The minimum Gasteiger partial charge on any atom is -0.493 e. The standard InChI is InChI=1S/C21H24BrFN4O3/c1-29-18-10-14-17(11-19(18)30-8-4-2-3-5-20(24)28)25-12-26-21(14)27-16-7-6-13(22)9-15(16)23/h6-7,10-12,15H,2-5,8-9H2,1H3,(H2,24,28)(H,25,26,27). The first-order valence-electron chi connectivity index (χ1n) is 9.69. The van der Waals surface area contributed by atoms with E-state index in [4.69, 9.17) is 15.2 Å². The van der Waals surface area contributed by atoms with Crippen LogP contribution in [0, 0.1) is 0 Å². The van der Waals surface area contributed by atoms with Gasteiger partial charge in [0.1, 0.15) is 18.3 Å². The van der Waals surface area contributed by atoms with Crippen molar-refractivity contribution in [1.82, 2.24) is 9.97 Å². The lowest BCUT2D eigenvalue weighted by atomic mass is 10.1. The van der Waals surface area contributed by atoms with Gasteiger partial charge in [0.2, 0.25) is 5.91 Å². The number of hydrogen-bond acceptors (Lipinski definition) is 6. The molecule has 7 nitrogen and oxygen atoms in total. The summed E-state index contributed by atoms with van der Waals surface area (Å²) < 4.78 is 26.5. The van der Waals surface area contributed by atoms with Crippen LogP contribution in [0.4, 0.5) is 10.2 Å². The summed E-state index contributed by atoms with van der Waals surface area (Å²) in [6.45, 7) is 0.481. The van der Waals surface area contributed by atoms with E-state index in [0.29, 0.717) is 46.9 Å². The fraction of sp³-hybridized carbons (Fsp3) is 0.381. The van der Waals surface area contributed by atoms with Crippen LogP contribution in [0.2, 0.25) is 0 Å². The van der Waals surface area contributed by atoms with Gasteiger partial charge in [0.15, 0.2) is 11.5 Å². The van der Waals surface area contributed by atoms with Gasteiger partial charge >= 0.3 is 0 Å². The number of ether oxygens (including phenoxy) is 2. The summed E-state index contributed by atoms with van der Waals surface area (Å²) in [4.78, 5) is 19.4. The van der Waals surface area contributed by atoms with E-state index in [1.165, 1.54) is 6.33 Å². The Balaban J connectivity index is 1.74. The fourth-order valence-corrected chi connectivity index (χ4v) is 3.50. The second kappa shape index (κ2) is 10.4. The van der Waals surface area contributed by atoms with Crippen molar-refractivity contribution >= 4 is 38.6 Å². The van der Waals surface area contributed by atoms with Crippen molar-refractivity contribution < 1.29 is 18.7 Å². The Labute approximate surface area is 182 Å². The van der Waals surface area contributed by atoms with Crippen LogP contribution in [0.5, 0.6) is 11.5 Å². The monoisotopic (exact) mass is 478 g/mol. The molecule has 0 saturated carbocycles. The Morgan fingerprint density at radius 3 is 2.83 bits per heavy atom.